The minimum Gasteiger partial charge on any atom is -0.370 e. The third-order valence-corrected chi connectivity index (χ3v) is 3.05. The fourth-order valence-electron chi connectivity index (χ4n) is 1.47. The molecule has 0 fully saturated rings. The van der Waals surface area contributed by atoms with Gasteiger partial charge in [0.15, 0.2) is 0 Å². The van der Waals surface area contributed by atoms with Gasteiger partial charge in [0.2, 0.25) is 0 Å². The van der Waals surface area contributed by atoms with Crippen LogP contribution < -0.4 is 5.32 Å². The SMILES string of the molecule is CC(C)N(C)CCCCNc1cccc(Cl)n1. The molecular weight excluding hydrogens is 234 g/mol. The Morgan fingerprint density at radius 3 is 2.76 bits per heavy atom. The van der Waals surface area contributed by atoms with Crippen LogP contribution in [0.25, 0.3) is 0 Å². The molecule has 0 saturated heterocycles. The molecule has 0 aliphatic rings. The summed E-state index contributed by atoms with van der Waals surface area (Å²) in [6.07, 6.45) is 2.34. The van der Waals surface area contributed by atoms with Crippen molar-refractivity contribution in [1.82, 2.24) is 9.88 Å². The first-order chi connectivity index (χ1) is 8.09. The first kappa shape index (κ1) is 14.3. The molecule has 1 aromatic rings. The minimum atomic E-state index is 0.537. The molecule has 0 aliphatic heterocycles. The molecule has 0 aromatic carbocycles. The lowest BCUT2D eigenvalue weighted by atomic mass is 10.2. The van der Waals surface area contributed by atoms with E-state index in [-0.39, 0.29) is 0 Å². The Morgan fingerprint density at radius 1 is 1.35 bits per heavy atom. The third kappa shape index (κ3) is 5.89. The lowest BCUT2D eigenvalue weighted by Gasteiger charge is -2.20. The topological polar surface area (TPSA) is 28.2 Å². The Labute approximate surface area is 109 Å². The highest BCUT2D eigenvalue weighted by atomic mass is 35.5. The molecule has 1 heterocycles. The molecule has 1 rings (SSSR count). The Morgan fingerprint density at radius 2 is 2.12 bits per heavy atom. The maximum absolute atomic E-state index is 5.80. The van der Waals surface area contributed by atoms with E-state index in [2.05, 4.69) is 36.1 Å². The van der Waals surface area contributed by atoms with Gasteiger partial charge in [0, 0.05) is 12.6 Å². The quantitative estimate of drug-likeness (QED) is 0.599. The highest BCUT2D eigenvalue weighted by molar-refractivity contribution is 6.29. The van der Waals surface area contributed by atoms with Crippen LogP contribution in [0.4, 0.5) is 5.82 Å². The van der Waals surface area contributed by atoms with Crippen LogP contribution in [0.3, 0.4) is 0 Å². The zero-order chi connectivity index (χ0) is 12.7. The van der Waals surface area contributed by atoms with E-state index in [1.54, 1.807) is 6.07 Å². The van der Waals surface area contributed by atoms with Gasteiger partial charge in [0.1, 0.15) is 11.0 Å². The number of hydrogen-bond donors (Lipinski definition) is 1. The summed E-state index contributed by atoms with van der Waals surface area (Å²) < 4.78 is 0. The number of pyridine rings is 1. The Hall–Kier alpha value is -0.800. The normalized spacial score (nSPS) is 11.2. The van der Waals surface area contributed by atoms with Gasteiger partial charge in [0.25, 0.3) is 0 Å². The van der Waals surface area contributed by atoms with Crippen LogP contribution in [0.5, 0.6) is 0 Å². The Balaban J connectivity index is 2.12. The molecule has 1 N–H and O–H groups in total. The summed E-state index contributed by atoms with van der Waals surface area (Å²) >= 11 is 5.80. The van der Waals surface area contributed by atoms with Gasteiger partial charge in [-0.3, -0.25) is 0 Å². The van der Waals surface area contributed by atoms with Crippen molar-refractivity contribution in [1.29, 1.82) is 0 Å². The summed E-state index contributed by atoms with van der Waals surface area (Å²) in [4.78, 5) is 6.54. The fourth-order valence-corrected chi connectivity index (χ4v) is 1.63. The summed E-state index contributed by atoms with van der Waals surface area (Å²) in [6, 6.07) is 6.25. The molecule has 4 heteroatoms. The minimum absolute atomic E-state index is 0.537. The molecule has 0 unspecified atom stereocenters. The predicted molar refractivity (Wildman–Crippen MR) is 74.7 cm³/mol. The van der Waals surface area contributed by atoms with Gasteiger partial charge in [-0.25, -0.2) is 4.98 Å². The van der Waals surface area contributed by atoms with Gasteiger partial charge < -0.3 is 10.2 Å². The molecule has 1 aromatic heterocycles. The Bertz CT molecular complexity index is 328. The number of anilines is 1. The van der Waals surface area contributed by atoms with Crippen LogP contribution in [0.2, 0.25) is 5.15 Å². The molecular formula is C13H22ClN3. The maximum Gasteiger partial charge on any atom is 0.131 e. The number of rotatable bonds is 7. The van der Waals surface area contributed by atoms with E-state index < -0.39 is 0 Å². The van der Waals surface area contributed by atoms with Gasteiger partial charge in [-0.2, -0.15) is 0 Å². The van der Waals surface area contributed by atoms with Crippen molar-refractivity contribution in [3.05, 3.63) is 23.4 Å². The number of hydrogen-bond acceptors (Lipinski definition) is 3. The molecule has 0 atom stereocenters. The second-order valence-electron chi connectivity index (χ2n) is 4.55. The van der Waals surface area contributed by atoms with E-state index in [9.17, 15) is 0 Å². The predicted octanol–water partition coefficient (Wildman–Crippen LogP) is 3.27. The average molecular weight is 256 g/mol. The van der Waals surface area contributed by atoms with Crippen molar-refractivity contribution < 1.29 is 0 Å². The van der Waals surface area contributed by atoms with Gasteiger partial charge in [-0.1, -0.05) is 17.7 Å². The van der Waals surface area contributed by atoms with Crippen LogP contribution in [0, 0.1) is 0 Å². The molecule has 96 valence electrons. The van der Waals surface area contributed by atoms with E-state index in [4.69, 9.17) is 11.6 Å². The second kappa shape index (κ2) is 7.51. The van der Waals surface area contributed by atoms with Gasteiger partial charge in [-0.05, 0) is 52.4 Å². The van der Waals surface area contributed by atoms with Crippen LogP contribution >= 0.6 is 11.6 Å². The highest BCUT2D eigenvalue weighted by Gasteiger charge is 2.01. The zero-order valence-corrected chi connectivity index (χ0v) is 11.7. The fraction of sp³-hybridized carbons (Fsp3) is 0.615. The summed E-state index contributed by atoms with van der Waals surface area (Å²) in [5.74, 6) is 0.856. The lowest BCUT2D eigenvalue weighted by molar-refractivity contribution is 0.269. The number of nitrogens with one attached hydrogen (secondary N) is 1. The van der Waals surface area contributed by atoms with E-state index in [1.807, 2.05) is 12.1 Å². The first-order valence-electron chi connectivity index (χ1n) is 6.16. The Kier molecular flexibility index (Phi) is 6.30. The standard InChI is InChI=1S/C13H22ClN3/c1-11(2)17(3)10-5-4-9-15-13-8-6-7-12(14)16-13/h6-8,11H,4-5,9-10H2,1-3H3,(H,15,16). The van der Waals surface area contributed by atoms with Gasteiger partial charge in [-0.15, -0.1) is 0 Å². The van der Waals surface area contributed by atoms with Gasteiger partial charge >= 0.3 is 0 Å². The summed E-state index contributed by atoms with van der Waals surface area (Å²) in [7, 11) is 2.16. The van der Waals surface area contributed by atoms with E-state index >= 15 is 0 Å². The number of aromatic nitrogens is 1. The van der Waals surface area contributed by atoms with E-state index in [0.29, 0.717) is 11.2 Å². The average Bonchev–Trinajstić information content (AvgIpc) is 2.28. The van der Waals surface area contributed by atoms with Crippen molar-refractivity contribution in [2.24, 2.45) is 0 Å². The molecule has 0 amide bonds. The molecule has 0 saturated carbocycles. The van der Waals surface area contributed by atoms with Crippen LogP contribution in [-0.2, 0) is 0 Å². The molecule has 0 spiro atoms. The first-order valence-corrected chi connectivity index (χ1v) is 6.54. The van der Waals surface area contributed by atoms with Crippen molar-refractivity contribution in [2.75, 3.05) is 25.5 Å². The van der Waals surface area contributed by atoms with Crippen LogP contribution in [0.15, 0.2) is 18.2 Å². The summed E-state index contributed by atoms with van der Waals surface area (Å²) in [5.41, 5.74) is 0. The summed E-state index contributed by atoms with van der Waals surface area (Å²) in [5, 5.41) is 3.81. The van der Waals surface area contributed by atoms with Crippen molar-refractivity contribution >= 4 is 17.4 Å². The third-order valence-electron chi connectivity index (χ3n) is 2.84. The summed E-state index contributed by atoms with van der Waals surface area (Å²) in [6.45, 7) is 6.52. The van der Waals surface area contributed by atoms with Crippen molar-refractivity contribution in [2.45, 2.75) is 32.7 Å². The zero-order valence-electron chi connectivity index (χ0n) is 10.9. The number of nitrogens with zero attached hydrogens (tertiary/aromatic N) is 2. The van der Waals surface area contributed by atoms with Crippen molar-refractivity contribution in [3.8, 4) is 0 Å². The molecule has 17 heavy (non-hydrogen) atoms. The van der Waals surface area contributed by atoms with Crippen LogP contribution in [0.1, 0.15) is 26.7 Å². The highest BCUT2D eigenvalue weighted by Crippen LogP contribution is 2.09. The second-order valence-corrected chi connectivity index (χ2v) is 4.94. The maximum atomic E-state index is 5.80. The lowest BCUT2D eigenvalue weighted by Crippen LogP contribution is -2.27. The molecule has 0 aliphatic carbocycles. The van der Waals surface area contributed by atoms with E-state index in [0.717, 1.165) is 25.3 Å². The monoisotopic (exact) mass is 255 g/mol. The number of unbranched alkanes of at least 4 members (excludes halogenated alkanes) is 1. The number of halogens is 1. The largest absolute Gasteiger partial charge is 0.370 e. The van der Waals surface area contributed by atoms with Gasteiger partial charge in [0.05, 0.1) is 0 Å². The molecule has 0 radical (unpaired) electrons. The van der Waals surface area contributed by atoms with E-state index in [1.165, 1.54) is 6.42 Å². The van der Waals surface area contributed by atoms with Crippen molar-refractivity contribution in [3.63, 3.8) is 0 Å². The molecule has 3 nitrogen and oxygen atoms in total. The van der Waals surface area contributed by atoms with Crippen LogP contribution in [-0.4, -0.2) is 36.1 Å². The molecule has 0 bridgehead atoms. The smallest absolute Gasteiger partial charge is 0.131 e.